The van der Waals surface area contributed by atoms with E-state index < -0.39 is 5.97 Å². The van der Waals surface area contributed by atoms with E-state index in [1.807, 2.05) is 13.1 Å². The zero-order valence-electron chi connectivity index (χ0n) is 11.5. The van der Waals surface area contributed by atoms with Crippen molar-refractivity contribution in [1.29, 1.82) is 0 Å². The topological polar surface area (TPSA) is 66.3 Å². The second-order valence-electron chi connectivity index (χ2n) is 5.10. The van der Waals surface area contributed by atoms with E-state index in [9.17, 15) is 4.79 Å². The van der Waals surface area contributed by atoms with Gasteiger partial charge in [-0.3, -0.25) is 4.98 Å². The molecule has 2 aromatic rings. The summed E-state index contributed by atoms with van der Waals surface area (Å²) in [5, 5.41) is 9.00. The molecule has 21 heavy (non-hydrogen) atoms. The van der Waals surface area contributed by atoms with Gasteiger partial charge in [0, 0.05) is 42.1 Å². The van der Waals surface area contributed by atoms with Crippen molar-refractivity contribution >= 4 is 27.7 Å². The summed E-state index contributed by atoms with van der Waals surface area (Å²) in [5.74, 6) is -0.111. The molecule has 5 nitrogen and oxygen atoms in total. The second-order valence-corrected chi connectivity index (χ2v) is 6.02. The minimum absolute atomic E-state index is 0.220. The van der Waals surface area contributed by atoms with Gasteiger partial charge in [-0.1, -0.05) is 0 Å². The molecule has 0 amide bonds. The Kier molecular flexibility index (Phi) is 3.63. The monoisotopic (exact) mass is 347 g/mol. The molecular weight excluding hydrogens is 334 g/mol. The Hall–Kier alpha value is -1.95. The number of nitrogens with zero attached hydrogens (tertiary/aromatic N) is 3. The van der Waals surface area contributed by atoms with Crippen LogP contribution < -0.4 is 4.90 Å². The predicted octanol–water partition coefficient (Wildman–Crippen LogP) is 2.81. The second kappa shape index (κ2) is 5.44. The van der Waals surface area contributed by atoms with Gasteiger partial charge < -0.3 is 10.0 Å². The van der Waals surface area contributed by atoms with Crippen LogP contribution >= 0.6 is 15.9 Å². The molecule has 0 saturated carbocycles. The summed E-state index contributed by atoms with van der Waals surface area (Å²) in [6, 6.07) is 3.74. The number of aromatic nitrogens is 2. The van der Waals surface area contributed by atoms with Crippen molar-refractivity contribution in [3.63, 3.8) is 0 Å². The fraction of sp³-hybridized carbons (Fsp3) is 0.267. The molecule has 0 aromatic carbocycles. The molecule has 1 N–H and O–H groups in total. The highest BCUT2D eigenvalue weighted by molar-refractivity contribution is 9.10. The zero-order chi connectivity index (χ0) is 15.0. The third-order valence-corrected chi connectivity index (χ3v) is 4.04. The number of carboxylic acid groups (broad SMARTS) is 1. The summed E-state index contributed by atoms with van der Waals surface area (Å²) in [6.07, 6.45) is 4.10. The van der Waals surface area contributed by atoms with Crippen molar-refractivity contribution in [3.8, 4) is 0 Å². The maximum absolute atomic E-state index is 11.0. The standard InChI is InChI=1S/C15H14BrN3O2/c1-9-4-10(15(20)21)6-18-14(9)19-3-2-13-11(8-19)5-12(16)7-17-13/h4-7H,2-3,8H2,1H3,(H,20,21). The van der Waals surface area contributed by atoms with Crippen molar-refractivity contribution in [3.05, 3.63) is 51.4 Å². The van der Waals surface area contributed by atoms with Crippen LogP contribution in [-0.4, -0.2) is 27.6 Å². The first-order valence-corrected chi connectivity index (χ1v) is 7.42. The molecule has 2 aromatic heterocycles. The van der Waals surface area contributed by atoms with E-state index in [-0.39, 0.29) is 5.56 Å². The van der Waals surface area contributed by atoms with Crippen LogP contribution in [0.25, 0.3) is 0 Å². The molecule has 0 spiro atoms. The zero-order valence-corrected chi connectivity index (χ0v) is 13.1. The van der Waals surface area contributed by atoms with Crippen LogP contribution in [0.3, 0.4) is 0 Å². The summed E-state index contributed by atoms with van der Waals surface area (Å²) >= 11 is 3.44. The third-order valence-electron chi connectivity index (χ3n) is 3.60. The maximum Gasteiger partial charge on any atom is 0.337 e. The average Bonchev–Trinajstić information content (AvgIpc) is 2.46. The number of anilines is 1. The van der Waals surface area contributed by atoms with Crippen molar-refractivity contribution in [2.45, 2.75) is 19.9 Å². The van der Waals surface area contributed by atoms with Crippen LogP contribution in [0.4, 0.5) is 5.82 Å². The summed E-state index contributed by atoms with van der Waals surface area (Å²) in [5.41, 5.74) is 3.40. The molecular formula is C15H14BrN3O2. The Labute approximate surface area is 130 Å². The first-order valence-electron chi connectivity index (χ1n) is 6.63. The number of fused-ring (bicyclic) bond motifs is 1. The number of aryl methyl sites for hydroxylation is 1. The van der Waals surface area contributed by atoms with E-state index in [4.69, 9.17) is 5.11 Å². The molecule has 1 aliphatic heterocycles. The first-order chi connectivity index (χ1) is 10.0. The van der Waals surface area contributed by atoms with Gasteiger partial charge in [-0.25, -0.2) is 9.78 Å². The van der Waals surface area contributed by atoms with E-state index in [1.54, 1.807) is 6.07 Å². The molecule has 0 radical (unpaired) electrons. The predicted molar refractivity (Wildman–Crippen MR) is 82.6 cm³/mol. The van der Waals surface area contributed by atoms with E-state index in [1.165, 1.54) is 11.8 Å². The molecule has 108 valence electrons. The molecule has 3 heterocycles. The van der Waals surface area contributed by atoms with Crippen LogP contribution in [0.5, 0.6) is 0 Å². The molecule has 6 heteroatoms. The fourth-order valence-corrected chi connectivity index (χ4v) is 2.97. The SMILES string of the molecule is Cc1cc(C(=O)O)cnc1N1CCc2ncc(Br)cc2C1. The van der Waals surface area contributed by atoms with E-state index >= 15 is 0 Å². The number of carbonyl (C=O) groups is 1. The molecule has 1 aliphatic rings. The Bertz CT molecular complexity index is 718. The Morgan fingerprint density at radius 3 is 2.86 bits per heavy atom. The summed E-state index contributed by atoms with van der Waals surface area (Å²) in [4.78, 5) is 21.9. The lowest BCUT2D eigenvalue weighted by atomic mass is 10.1. The molecule has 0 atom stereocenters. The average molecular weight is 348 g/mol. The third kappa shape index (κ3) is 2.76. The van der Waals surface area contributed by atoms with Gasteiger partial charge in [0.1, 0.15) is 5.82 Å². The number of pyridine rings is 2. The highest BCUT2D eigenvalue weighted by Crippen LogP contribution is 2.26. The minimum Gasteiger partial charge on any atom is -0.478 e. The van der Waals surface area contributed by atoms with Crippen LogP contribution in [0, 0.1) is 6.92 Å². The first kappa shape index (κ1) is 14.0. The van der Waals surface area contributed by atoms with Gasteiger partial charge in [0.2, 0.25) is 0 Å². The number of carboxylic acids is 1. The molecule has 0 saturated heterocycles. The summed E-state index contributed by atoms with van der Waals surface area (Å²) < 4.78 is 0.967. The highest BCUT2D eigenvalue weighted by atomic mass is 79.9. The number of halogens is 1. The van der Waals surface area contributed by atoms with Crippen molar-refractivity contribution in [1.82, 2.24) is 9.97 Å². The largest absolute Gasteiger partial charge is 0.478 e. The van der Waals surface area contributed by atoms with Crippen molar-refractivity contribution in [2.75, 3.05) is 11.4 Å². The lowest BCUT2D eigenvalue weighted by Crippen LogP contribution is -2.32. The number of hydrogen-bond donors (Lipinski definition) is 1. The van der Waals surface area contributed by atoms with Gasteiger partial charge in [-0.15, -0.1) is 0 Å². The maximum atomic E-state index is 11.0. The molecule has 0 fully saturated rings. The minimum atomic E-state index is -0.950. The molecule has 0 unspecified atom stereocenters. The van der Waals surface area contributed by atoms with Crippen molar-refractivity contribution < 1.29 is 9.90 Å². The quantitative estimate of drug-likeness (QED) is 0.904. The van der Waals surface area contributed by atoms with E-state index in [0.29, 0.717) is 0 Å². The molecule has 0 bridgehead atoms. The highest BCUT2D eigenvalue weighted by Gasteiger charge is 2.20. The van der Waals surface area contributed by atoms with Crippen molar-refractivity contribution in [2.24, 2.45) is 0 Å². The van der Waals surface area contributed by atoms with E-state index in [2.05, 4.69) is 36.9 Å². The number of hydrogen-bond acceptors (Lipinski definition) is 4. The van der Waals surface area contributed by atoms with Crippen LogP contribution in [0.2, 0.25) is 0 Å². The van der Waals surface area contributed by atoms with Gasteiger partial charge in [0.15, 0.2) is 0 Å². The Balaban J connectivity index is 1.91. The van der Waals surface area contributed by atoms with Gasteiger partial charge in [-0.2, -0.15) is 0 Å². The normalized spacial score (nSPS) is 13.9. The van der Waals surface area contributed by atoms with Gasteiger partial charge in [-0.05, 0) is 46.1 Å². The van der Waals surface area contributed by atoms with Crippen LogP contribution in [-0.2, 0) is 13.0 Å². The summed E-state index contributed by atoms with van der Waals surface area (Å²) in [6.45, 7) is 3.47. The van der Waals surface area contributed by atoms with Gasteiger partial charge in [0.05, 0.1) is 5.56 Å². The van der Waals surface area contributed by atoms with Crippen LogP contribution in [0.1, 0.15) is 27.2 Å². The lowest BCUT2D eigenvalue weighted by molar-refractivity contribution is 0.0696. The number of rotatable bonds is 2. The van der Waals surface area contributed by atoms with Gasteiger partial charge >= 0.3 is 5.97 Å². The van der Waals surface area contributed by atoms with Crippen LogP contribution in [0.15, 0.2) is 29.0 Å². The Morgan fingerprint density at radius 2 is 2.14 bits per heavy atom. The molecule has 3 rings (SSSR count). The smallest absolute Gasteiger partial charge is 0.337 e. The molecule has 0 aliphatic carbocycles. The lowest BCUT2D eigenvalue weighted by Gasteiger charge is -2.30. The fourth-order valence-electron chi connectivity index (χ4n) is 2.59. The van der Waals surface area contributed by atoms with E-state index in [0.717, 1.165) is 41.1 Å². The Morgan fingerprint density at radius 1 is 1.33 bits per heavy atom. The number of aromatic carboxylic acids is 1. The summed E-state index contributed by atoms with van der Waals surface area (Å²) in [7, 11) is 0. The van der Waals surface area contributed by atoms with Gasteiger partial charge in [0.25, 0.3) is 0 Å².